The summed E-state index contributed by atoms with van der Waals surface area (Å²) in [6.07, 6.45) is 0. The van der Waals surface area contributed by atoms with Crippen LogP contribution in [0.3, 0.4) is 0 Å². The maximum absolute atomic E-state index is 13.0. The minimum Gasteiger partial charge on any atom is -0.204 e. The second kappa shape index (κ2) is 2.76. The molecule has 0 heterocycles. The Kier molecular flexibility index (Phi) is 1.72. The van der Waals surface area contributed by atoms with E-state index in [-0.39, 0.29) is 5.39 Å². The van der Waals surface area contributed by atoms with Crippen LogP contribution in [0, 0.1) is 23.5 Å². The molecule has 0 fully saturated rings. The van der Waals surface area contributed by atoms with Gasteiger partial charge in [0.15, 0.2) is 17.5 Å². The van der Waals surface area contributed by atoms with Gasteiger partial charge < -0.3 is 0 Å². The molecule has 0 amide bonds. The lowest BCUT2D eigenvalue weighted by Crippen LogP contribution is -1.91. The first-order valence-electron chi connectivity index (χ1n) is 3.63. The minimum atomic E-state index is -1.43. The van der Waals surface area contributed by atoms with Crippen molar-refractivity contribution < 1.29 is 13.2 Å². The third-order valence-electron chi connectivity index (χ3n) is 1.82. The molecule has 3 heteroatoms. The van der Waals surface area contributed by atoms with Crippen LogP contribution < -0.4 is 0 Å². The van der Waals surface area contributed by atoms with Crippen LogP contribution in [0.2, 0.25) is 0 Å². The zero-order valence-corrected chi connectivity index (χ0v) is 6.44. The smallest absolute Gasteiger partial charge is 0.195 e. The van der Waals surface area contributed by atoms with Gasteiger partial charge in [0.1, 0.15) is 0 Å². The van der Waals surface area contributed by atoms with Crippen LogP contribution in [-0.2, 0) is 0 Å². The largest absolute Gasteiger partial charge is 0.204 e. The highest BCUT2D eigenvalue weighted by Crippen LogP contribution is 2.22. The Hall–Kier alpha value is -1.51. The molecule has 0 N–H and O–H groups in total. The Bertz CT molecular complexity index is 463. The van der Waals surface area contributed by atoms with E-state index in [0.717, 1.165) is 6.07 Å². The highest BCUT2D eigenvalue weighted by molar-refractivity contribution is 5.82. The second-order valence-electron chi connectivity index (χ2n) is 2.63. The van der Waals surface area contributed by atoms with E-state index in [0.29, 0.717) is 5.39 Å². The fraction of sp³-hybridized carbons (Fsp3) is 0. The Morgan fingerprint density at radius 2 is 1.85 bits per heavy atom. The summed E-state index contributed by atoms with van der Waals surface area (Å²) in [5.74, 6) is -3.76. The number of fused-ring (bicyclic) bond motifs is 1. The average Bonchev–Trinajstić information content (AvgIpc) is 2.15. The van der Waals surface area contributed by atoms with E-state index in [1.54, 1.807) is 0 Å². The van der Waals surface area contributed by atoms with Gasteiger partial charge in [-0.25, -0.2) is 13.2 Å². The van der Waals surface area contributed by atoms with Gasteiger partial charge >= 0.3 is 0 Å². The number of hydrogen-bond acceptors (Lipinski definition) is 0. The highest BCUT2D eigenvalue weighted by atomic mass is 19.2. The minimum absolute atomic E-state index is 0.0673. The predicted octanol–water partition coefficient (Wildman–Crippen LogP) is 3.06. The van der Waals surface area contributed by atoms with Crippen LogP contribution in [0.5, 0.6) is 0 Å². The van der Waals surface area contributed by atoms with Crippen LogP contribution in [0.15, 0.2) is 24.3 Å². The summed E-state index contributed by atoms with van der Waals surface area (Å²) >= 11 is 0. The average molecular weight is 181 g/mol. The summed E-state index contributed by atoms with van der Waals surface area (Å²) in [4.78, 5) is 0. The summed E-state index contributed by atoms with van der Waals surface area (Å²) in [5, 5.41) is 0.372. The van der Waals surface area contributed by atoms with Gasteiger partial charge in [0.2, 0.25) is 0 Å². The Morgan fingerprint density at radius 1 is 1.08 bits per heavy atom. The van der Waals surface area contributed by atoms with E-state index < -0.39 is 17.5 Å². The molecule has 1 radical (unpaired) electrons. The van der Waals surface area contributed by atoms with Crippen LogP contribution in [0.25, 0.3) is 10.8 Å². The van der Waals surface area contributed by atoms with E-state index >= 15 is 0 Å². The molecule has 0 aliphatic carbocycles. The van der Waals surface area contributed by atoms with Crippen molar-refractivity contribution in [3.05, 3.63) is 47.8 Å². The maximum atomic E-state index is 13.0. The van der Waals surface area contributed by atoms with Crippen molar-refractivity contribution >= 4 is 10.8 Å². The molecule has 2 aromatic rings. The summed E-state index contributed by atoms with van der Waals surface area (Å²) in [7, 11) is 0. The fourth-order valence-electron chi connectivity index (χ4n) is 1.19. The molecule has 0 aliphatic heterocycles. The van der Waals surface area contributed by atoms with Gasteiger partial charge in [-0.05, 0) is 23.6 Å². The molecule has 0 aliphatic rings. The van der Waals surface area contributed by atoms with Crippen LogP contribution in [-0.4, -0.2) is 0 Å². The maximum Gasteiger partial charge on any atom is 0.195 e. The van der Waals surface area contributed by atoms with E-state index in [1.165, 1.54) is 18.2 Å². The lowest BCUT2D eigenvalue weighted by atomic mass is 10.1. The molecule has 0 nitrogen and oxygen atoms in total. The monoisotopic (exact) mass is 181 g/mol. The first-order chi connectivity index (χ1) is 6.20. The molecular weight excluding hydrogens is 177 g/mol. The van der Waals surface area contributed by atoms with E-state index in [4.69, 9.17) is 0 Å². The predicted molar refractivity (Wildman–Crippen MR) is 42.7 cm³/mol. The van der Waals surface area contributed by atoms with E-state index in [9.17, 15) is 13.2 Å². The third-order valence-corrected chi connectivity index (χ3v) is 1.82. The van der Waals surface area contributed by atoms with Crippen molar-refractivity contribution in [1.82, 2.24) is 0 Å². The second-order valence-corrected chi connectivity index (χ2v) is 2.63. The SMILES string of the molecule is Fc1cc2c[c]ccc2c(F)c1F. The van der Waals surface area contributed by atoms with Crippen molar-refractivity contribution in [2.24, 2.45) is 0 Å². The Morgan fingerprint density at radius 3 is 2.62 bits per heavy atom. The van der Waals surface area contributed by atoms with Crippen molar-refractivity contribution in [3.63, 3.8) is 0 Å². The van der Waals surface area contributed by atoms with E-state index in [2.05, 4.69) is 6.07 Å². The van der Waals surface area contributed by atoms with Gasteiger partial charge in [-0.15, -0.1) is 0 Å². The lowest BCUT2D eigenvalue weighted by molar-refractivity contribution is 0.453. The first kappa shape index (κ1) is 8.10. The number of hydrogen-bond donors (Lipinski definition) is 0. The van der Waals surface area contributed by atoms with Gasteiger partial charge in [0, 0.05) is 5.39 Å². The number of benzene rings is 2. The molecule has 0 bridgehead atoms. The molecule has 0 spiro atoms. The van der Waals surface area contributed by atoms with E-state index in [1.807, 2.05) is 0 Å². The number of rotatable bonds is 0. The van der Waals surface area contributed by atoms with Crippen LogP contribution in [0.4, 0.5) is 13.2 Å². The molecule has 0 atom stereocenters. The van der Waals surface area contributed by atoms with Gasteiger partial charge in [-0.2, -0.15) is 0 Å². The molecule has 0 saturated heterocycles. The standard InChI is InChI=1S/C10H4F3/c11-8-5-6-3-1-2-4-7(6)9(12)10(8)13/h2-5H. The summed E-state index contributed by atoms with van der Waals surface area (Å²) in [5.41, 5.74) is 0. The summed E-state index contributed by atoms with van der Waals surface area (Å²) in [6.45, 7) is 0. The first-order valence-corrected chi connectivity index (χ1v) is 3.63. The van der Waals surface area contributed by atoms with Crippen molar-refractivity contribution in [3.8, 4) is 0 Å². The van der Waals surface area contributed by atoms with Gasteiger partial charge in [-0.3, -0.25) is 0 Å². The van der Waals surface area contributed by atoms with Crippen molar-refractivity contribution in [2.75, 3.05) is 0 Å². The molecule has 0 aromatic heterocycles. The summed E-state index contributed by atoms with van der Waals surface area (Å²) in [6, 6.07) is 7.81. The van der Waals surface area contributed by atoms with Gasteiger partial charge in [0.05, 0.1) is 0 Å². The molecule has 2 rings (SSSR count). The van der Waals surface area contributed by atoms with Gasteiger partial charge in [0.25, 0.3) is 0 Å². The molecule has 65 valence electrons. The molecular formula is C10H4F3. The van der Waals surface area contributed by atoms with Gasteiger partial charge in [-0.1, -0.05) is 12.1 Å². The lowest BCUT2D eigenvalue weighted by Gasteiger charge is -2.00. The summed E-state index contributed by atoms with van der Waals surface area (Å²) < 4.78 is 38.4. The highest BCUT2D eigenvalue weighted by Gasteiger charge is 2.12. The quantitative estimate of drug-likeness (QED) is 0.548. The normalized spacial score (nSPS) is 10.7. The molecule has 0 saturated carbocycles. The number of halogens is 3. The Labute approximate surface area is 72.6 Å². The van der Waals surface area contributed by atoms with Crippen LogP contribution >= 0.6 is 0 Å². The fourth-order valence-corrected chi connectivity index (χ4v) is 1.19. The van der Waals surface area contributed by atoms with Crippen LogP contribution in [0.1, 0.15) is 0 Å². The zero-order valence-electron chi connectivity index (χ0n) is 6.44. The topological polar surface area (TPSA) is 0 Å². The molecule has 0 unspecified atom stereocenters. The third kappa shape index (κ3) is 1.16. The molecule has 13 heavy (non-hydrogen) atoms. The molecule has 2 aromatic carbocycles. The van der Waals surface area contributed by atoms with Crippen molar-refractivity contribution in [2.45, 2.75) is 0 Å². The zero-order chi connectivity index (χ0) is 9.42. The Balaban J connectivity index is 2.94. The van der Waals surface area contributed by atoms with Crippen molar-refractivity contribution in [1.29, 1.82) is 0 Å².